The molecule has 3 heterocycles. The Morgan fingerprint density at radius 2 is 1.51 bits per heavy atom. The predicted octanol–water partition coefficient (Wildman–Crippen LogP) is 7.28. The van der Waals surface area contributed by atoms with Crippen molar-refractivity contribution in [1.82, 2.24) is 9.55 Å². The Hall–Kier alpha value is -4.11. The van der Waals surface area contributed by atoms with E-state index in [0.717, 1.165) is 44.7 Å². The molecule has 0 spiro atoms. The average molecular weight is 572 g/mol. The summed E-state index contributed by atoms with van der Waals surface area (Å²) in [6, 6.07) is 39.5. The van der Waals surface area contributed by atoms with Gasteiger partial charge in [-0.05, 0) is 42.8 Å². The van der Waals surface area contributed by atoms with Crippen LogP contribution in [0.3, 0.4) is 0 Å². The number of anilines is 3. The number of aromatic nitrogens is 2. The molecular weight excluding hydrogens is 551 g/mol. The van der Waals surface area contributed by atoms with Gasteiger partial charge in [0, 0.05) is 55.0 Å². The summed E-state index contributed by atoms with van der Waals surface area (Å²) in [6.45, 7) is 2.06. The van der Waals surface area contributed by atoms with Crippen molar-refractivity contribution in [2.24, 2.45) is 0 Å². The van der Waals surface area contributed by atoms with Gasteiger partial charge in [0.15, 0.2) is 0 Å². The summed E-state index contributed by atoms with van der Waals surface area (Å²) in [5.41, 5.74) is 5.18. The van der Waals surface area contributed by atoms with Crippen LogP contribution in [0.4, 0.5) is 17.1 Å². The molecule has 37 heavy (non-hydrogen) atoms. The van der Waals surface area contributed by atoms with Crippen LogP contribution in [0.1, 0.15) is 0 Å². The number of hydrogen-bond donors (Lipinski definition) is 0. The molecule has 2 aromatic heterocycles. The fourth-order valence-corrected chi connectivity index (χ4v) is 4.87. The second kappa shape index (κ2) is 9.40. The summed E-state index contributed by atoms with van der Waals surface area (Å²) in [7, 11) is 2.05. The maximum absolute atomic E-state index is 6.29. The van der Waals surface area contributed by atoms with E-state index in [4.69, 9.17) is 4.74 Å². The van der Waals surface area contributed by atoms with E-state index < -0.39 is 0 Å². The molecule has 7 rings (SSSR count). The van der Waals surface area contributed by atoms with Gasteiger partial charge in [0.2, 0.25) is 0 Å². The van der Waals surface area contributed by atoms with Crippen molar-refractivity contribution >= 4 is 38.9 Å². The Morgan fingerprint density at radius 1 is 0.730 bits per heavy atom. The Balaban J connectivity index is 0.00000252. The Morgan fingerprint density at radius 3 is 2.38 bits per heavy atom. The van der Waals surface area contributed by atoms with Crippen molar-refractivity contribution in [3.8, 4) is 17.3 Å². The molecule has 0 atom stereocenters. The minimum absolute atomic E-state index is 0. The van der Waals surface area contributed by atoms with Crippen LogP contribution >= 0.6 is 0 Å². The summed E-state index contributed by atoms with van der Waals surface area (Å²) in [5, 5.41) is 2.26. The normalized spacial score (nSPS) is 12.6. The minimum atomic E-state index is 0. The van der Waals surface area contributed by atoms with Gasteiger partial charge in [-0.15, -0.1) is 41.4 Å². The molecule has 0 saturated carbocycles. The van der Waals surface area contributed by atoms with Crippen LogP contribution in [0.5, 0.6) is 11.5 Å². The second-order valence-electron chi connectivity index (χ2n) is 8.71. The van der Waals surface area contributed by atoms with Crippen molar-refractivity contribution in [3.63, 3.8) is 0 Å². The topological polar surface area (TPSA) is 33.5 Å². The second-order valence-corrected chi connectivity index (χ2v) is 8.71. The molecule has 0 radical (unpaired) electrons. The van der Waals surface area contributed by atoms with E-state index in [1.54, 1.807) is 0 Å². The van der Waals surface area contributed by atoms with Gasteiger partial charge in [0.05, 0.1) is 0 Å². The van der Waals surface area contributed by atoms with Crippen molar-refractivity contribution in [2.75, 3.05) is 16.8 Å². The number of para-hydroxylation sites is 3. The third-order valence-electron chi connectivity index (χ3n) is 6.48. The molecule has 6 aromatic rings. The largest absolute Gasteiger partial charge is 0.509 e. The van der Waals surface area contributed by atoms with Gasteiger partial charge >= 0.3 is 0 Å². The van der Waals surface area contributed by atoms with Gasteiger partial charge in [-0.2, -0.15) is 18.8 Å². The first-order chi connectivity index (χ1) is 17.8. The van der Waals surface area contributed by atoms with Crippen LogP contribution in [0.15, 0.2) is 103 Å². The van der Waals surface area contributed by atoms with E-state index in [-0.39, 0.29) is 20.4 Å². The molecule has 0 amide bonds. The van der Waals surface area contributed by atoms with Gasteiger partial charge < -0.3 is 19.1 Å². The number of ether oxygens (including phenoxy) is 1. The Bertz CT molecular complexity index is 1730. The summed E-state index contributed by atoms with van der Waals surface area (Å²) in [5.74, 6) is 2.10. The zero-order valence-electron chi connectivity index (χ0n) is 19.9. The number of fused-ring (bicyclic) bond motifs is 4. The van der Waals surface area contributed by atoms with Crippen molar-refractivity contribution < 1.29 is 25.2 Å². The molecule has 0 N–H and O–H groups in total. The van der Waals surface area contributed by atoms with E-state index in [1.807, 2.05) is 73.9 Å². The summed E-state index contributed by atoms with van der Waals surface area (Å²) >= 11 is 0. The molecule has 0 aliphatic carbocycles. The smallest absolute Gasteiger partial charge is 0.135 e. The number of pyridine rings is 1. The third-order valence-corrected chi connectivity index (χ3v) is 6.48. The number of nitrogens with zero attached hydrogens (tertiary/aromatic N) is 4. The molecule has 0 unspecified atom stereocenters. The minimum Gasteiger partial charge on any atom is -0.509 e. The molecule has 1 aliphatic heterocycles. The Labute approximate surface area is 229 Å². The van der Waals surface area contributed by atoms with Crippen LogP contribution in [0, 0.1) is 18.8 Å². The Kier molecular flexibility index (Phi) is 5.92. The maximum Gasteiger partial charge on any atom is 0.135 e. The molecule has 6 heteroatoms. The van der Waals surface area contributed by atoms with Crippen LogP contribution in [0.25, 0.3) is 27.6 Å². The zero-order chi connectivity index (χ0) is 24.1. The maximum atomic E-state index is 6.29. The molecule has 0 fully saturated rings. The van der Waals surface area contributed by atoms with Gasteiger partial charge in [-0.3, -0.25) is 0 Å². The van der Waals surface area contributed by atoms with Crippen LogP contribution < -0.4 is 14.5 Å². The molecular formula is C31H21N4OPd-3. The average Bonchev–Trinajstić information content (AvgIpc) is 3.44. The molecule has 184 valence electrons. The molecule has 0 bridgehead atoms. The molecule has 4 aromatic carbocycles. The van der Waals surface area contributed by atoms with Crippen molar-refractivity contribution in [1.29, 1.82) is 0 Å². The number of rotatable bonds is 4. The first-order valence-corrected chi connectivity index (χ1v) is 11.8. The summed E-state index contributed by atoms with van der Waals surface area (Å²) < 4.78 is 8.42. The molecule has 0 saturated heterocycles. The predicted molar refractivity (Wildman–Crippen MR) is 144 cm³/mol. The first kappa shape index (κ1) is 23.3. The number of hydrogen-bond acceptors (Lipinski definition) is 4. The van der Waals surface area contributed by atoms with E-state index in [9.17, 15) is 0 Å². The van der Waals surface area contributed by atoms with Gasteiger partial charge in [0.25, 0.3) is 0 Å². The first-order valence-electron chi connectivity index (χ1n) is 11.8. The number of benzene rings is 4. The van der Waals surface area contributed by atoms with Gasteiger partial charge in [-0.25, -0.2) is 4.98 Å². The SMILES string of the molecule is CN1[CH-]N(c2[c-]c(Oc3[c-]c4c(cc3)c3ccccc3n4-c3ccccn3)ccc2)c2ccccc21.[Pd]. The van der Waals surface area contributed by atoms with Crippen LogP contribution in [-0.4, -0.2) is 16.6 Å². The van der Waals surface area contributed by atoms with E-state index in [0.29, 0.717) is 11.5 Å². The monoisotopic (exact) mass is 571 g/mol. The van der Waals surface area contributed by atoms with Gasteiger partial charge in [0.1, 0.15) is 5.82 Å². The quantitative estimate of drug-likeness (QED) is 0.165. The fraction of sp³-hybridized carbons (Fsp3) is 0.0323. The zero-order valence-corrected chi connectivity index (χ0v) is 21.5. The summed E-state index contributed by atoms with van der Waals surface area (Å²) in [4.78, 5) is 8.82. The van der Waals surface area contributed by atoms with E-state index in [2.05, 4.69) is 74.6 Å². The standard InChI is InChI=1S/C31H21N4O.Pd/c1-33-21-34(29-14-5-4-13-28(29)33)22-9-8-10-23(19-22)36-24-16-17-26-25-11-2-3-12-27(25)35(30(26)20-24)31-15-6-7-18-32-31;/h2-18,21H,1H3;/q-3;. The molecule has 1 aliphatic rings. The van der Waals surface area contributed by atoms with Crippen molar-refractivity contribution in [3.05, 3.63) is 122 Å². The van der Waals surface area contributed by atoms with Crippen LogP contribution in [-0.2, 0) is 20.4 Å². The fourth-order valence-electron chi connectivity index (χ4n) is 4.87. The molecule has 5 nitrogen and oxygen atoms in total. The van der Waals surface area contributed by atoms with Gasteiger partial charge in [-0.1, -0.05) is 41.9 Å². The third kappa shape index (κ3) is 3.95. The van der Waals surface area contributed by atoms with E-state index in [1.165, 1.54) is 0 Å². The van der Waals surface area contributed by atoms with E-state index >= 15 is 0 Å². The van der Waals surface area contributed by atoms with Crippen LogP contribution in [0.2, 0.25) is 0 Å². The van der Waals surface area contributed by atoms with Crippen molar-refractivity contribution in [2.45, 2.75) is 0 Å². The summed E-state index contributed by atoms with van der Waals surface area (Å²) in [6.07, 6.45) is 1.81.